The highest BCUT2D eigenvalue weighted by Gasteiger charge is 2.16. The molecule has 0 aromatic heterocycles. The normalized spacial score (nSPS) is 13.2. The molecule has 2 N–H and O–H groups in total. The van der Waals surface area contributed by atoms with Crippen LogP contribution in [0.25, 0.3) is 0 Å². The molecule has 1 rings (SSSR count). The highest BCUT2D eigenvalue weighted by molar-refractivity contribution is 7.89. The molecule has 0 heterocycles. The maximum atomic E-state index is 11.6. The average molecular weight is 271 g/mol. The number of nitrogens with one attached hydrogen (secondary N) is 1. The van der Waals surface area contributed by atoms with Gasteiger partial charge in [-0.2, -0.15) is 0 Å². The van der Waals surface area contributed by atoms with E-state index in [1.165, 1.54) is 0 Å². The van der Waals surface area contributed by atoms with E-state index in [0.29, 0.717) is 0 Å². The minimum atomic E-state index is -3.56. The van der Waals surface area contributed by atoms with E-state index in [0.717, 1.165) is 11.1 Å². The minimum Gasteiger partial charge on any atom is -0.481 e. The molecule has 1 aromatic carbocycles. The summed E-state index contributed by atoms with van der Waals surface area (Å²) >= 11 is 0. The van der Waals surface area contributed by atoms with Gasteiger partial charge < -0.3 is 5.11 Å². The second-order valence-corrected chi connectivity index (χ2v) is 6.09. The fourth-order valence-electron chi connectivity index (χ4n) is 1.47. The van der Waals surface area contributed by atoms with Crippen molar-refractivity contribution in [3.8, 4) is 0 Å². The molecule has 0 aliphatic heterocycles. The zero-order chi connectivity index (χ0) is 13.8. The molecule has 1 atom stereocenters. The van der Waals surface area contributed by atoms with Crippen molar-refractivity contribution < 1.29 is 18.3 Å². The van der Waals surface area contributed by atoms with Gasteiger partial charge in [-0.05, 0) is 19.4 Å². The van der Waals surface area contributed by atoms with Crippen LogP contribution in [0.15, 0.2) is 24.3 Å². The third kappa shape index (κ3) is 4.85. The molecule has 18 heavy (non-hydrogen) atoms. The molecular weight excluding hydrogens is 254 g/mol. The zero-order valence-electron chi connectivity index (χ0n) is 10.4. The summed E-state index contributed by atoms with van der Waals surface area (Å²) in [6.07, 6.45) is -0.393. The van der Waals surface area contributed by atoms with Gasteiger partial charge in [0.05, 0.1) is 12.2 Å². The third-order valence-corrected chi connectivity index (χ3v) is 3.97. The monoisotopic (exact) mass is 271 g/mol. The molecule has 100 valence electrons. The van der Waals surface area contributed by atoms with Crippen molar-refractivity contribution in [3.05, 3.63) is 35.4 Å². The summed E-state index contributed by atoms with van der Waals surface area (Å²) in [7, 11) is -3.56. The number of benzene rings is 1. The Morgan fingerprint density at radius 1 is 1.33 bits per heavy atom. The Hall–Kier alpha value is -1.40. The van der Waals surface area contributed by atoms with Gasteiger partial charge in [0, 0.05) is 6.04 Å². The van der Waals surface area contributed by atoms with Gasteiger partial charge in [0.2, 0.25) is 10.0 Å². The molecule has 1 aromatic rings. The number of carboxylic acids is 1. The molecular formula is C12H17NO4S. The number of carbonyl (C=O) groups is 1. The smallest absolute Gasteiger partial charge is 0.304 e. The van der Waals surface area contributed by atoms with Crippen LogP contribution in [-0.4, -0.2) is 25.2 Å². The van der Waals surface area contributed by atoms with Crippen LogP contribution >= 0.6 is 0 Å². The van der Waals surface area contributed by atoms with Crippen LogP contribution in [0.1, 0.15) is 30.5 Å². The Morgan fingerprint density at radius 3 is 2.39 bits per heavy atom. The molecule has 0 aliphatic rings. The van der Waals surface area contributed by atoms with E-state index in [1.807, 2.05) is 31.2 Å². The summed E-state index contributed by atoms with van der Waals surface area (Å²) in [5, 5.41) is 8.47. The minimum absolute atomic E-state index is 0.371. The summed E-state index contributed by atoms with van der Waals surface area (Å²) < 4.78 is 25.7. The number of aliphatic carboxylic acids is 1. The Balaban J connectivity index is 2.66. The lowest BCUT2D eigenvalue weighted by Crippen LogP contribution is -2.30. The lowest BCUT2D eigenvalue weighted by molar-refractivity contribution is -0.136. The van der Waals surface area contributed by atoms with E-state index in [2.05, 4.69) is 4.72 Å². The lowest BCUT2D eigenvalue weighted by atomic mass is 10.1. The number of carboxylic acid groups (broad SMARTS) is 1. The van der Waals surface area contributed by atoms with E-state index in [-0.39, 0.29) is 6.04 Å². The first-order valence-electron chi connectivity index (χ1n) is 5.58. The predicted octanol–water partition coefficient (Wildman–Crippen LogP) is 1.45. The molecule has 0 spiro atoms. The Labute approximate surface area is 107 Å². The largest absolute Gasteiger partial charge is 0.481 e. The Kier molecular flexibility index (Phi) is 4.86. The van der Waals surface area contributed by atoms with E-state index < -0.39 is 28.2 Å². The van der Waals surface area contributed by atoms with Gasteiger partial charge in [-0.15, -0.1) is 0 Å². The standard InChI is InChI=1S/C12H17NO4S/c1-9-3-5-11(6-4-9)10(2)13-18(16,17)8-7-12(14)15/h3-6,10,13H,7-8H2,1-2H3,(H,14,15). The number of sulfonamides is 1. The fourth-order valence-corrected chi connectivity index (χ4v) is 2.71. The molecule has 5 nitrogen and oxygen atoms in total. The predicted molar refractivity (Wildman–Crippen MR) is 68.8 cm³/mol. The maximum Gasteiger partial charge on any atom is 0.304 e. The summed E-state index contributed by atoms with van der Waals surface area (Å²) in [5.74, 6) is -1.53. The maximum absolute atomic E-state index is 11.6. The van der Waals surface area contributed by atoms with Gasteiger partial charge in [0.15, 0.2) is 0 Å². The van der Waals surface area contributed by atoms with Gasteiger partial charge in [-0.25, -0.2) is 13.1 Å². The summed E-state index contributed by atoms with van der Waals surface area (Å²) in [6, 6.07) is 7.12. The molecule has 0 fully saturated rings. The first kappa shape index (κ1) is 14.7. The molecule has 0 saturated carbocycles. The van der Waals surface area contributed by atoms with E-state index in [1.54, 1.807) is 6.92 Å². The second-order valence-electron chi connectivity index (χ2n) is 4.21. The van der Waals surface area contributed by atoms with Crippen LogP contribution in [0.3, 0.4) is 0 Å². The molecule has 0 aliphatic carbocycles. The highest BCUT2D eigenvalue weighted by Crippen LogP contribution is 2.14. The van der Waals surface area contributed by atoms with Gasteiger partial charge in [-0.1, -0.05) is 29.8 Å². The average Bonchev–Trinajstić information content (AvgIpc) is 2.27. The third-order valence-electron chi connectivity index (χ3n) is 2.52. The first-order valence-corrected chi connectivity index (χ1v) is 7.24. The fraction of sp³-hybridized carbons (Fsp3) is 0.417. The van der Waals surface area contributed by atoms with E-state index in [4.69, 9.17) is 5.11 Å². The van der Waals surface area contributed by atoms with Crippen molar-refractivity contribution in [1.82, 2.24) is 4.72 Å². The summed E-state index contributed by atoms with van der Waals surface area (Å²) in [6.45, 7) is 3.68. The van der Waals surface area contributed by atoms with E-state index in [9.17, 15) is 13.2 Å². The lowest BCUT2D eigenvalue weighted by Gasteiger charge is -2.14. The highest BCUT2D eigenvalue weighted by atomic mass is 32.2. The number of rotatable bonds is 6. The molecule has 0 saturated heterocycles. The number of aryl methyl sites for hydroxylation is 1. The van der Waals surface area contributed by atoms with Crippen molar-refractivity contribution in [3.63, 3.8) is 0 Å². The van der Waals surface area contributed by atoms with Crippen molar-refractivity contribution in [2.45, 2.75) is 26.3 Å². The summed E-state index contributed by atoms with van der Waals surface area (Å²) in [4.78, 5) is 10.3. The van der Waals surface area contributed by atoms with Crippen LogP contribution in [0.5, 0.6) is 0 Å². The number of hydrogen-bond donors (Lipinski definition) is 2. The van der Waals surface area contributed by atoms with Gasteiger partial charge in [0.1, 0.15) is 0 Å². The van der Waals surface area contributed by atoms with Crippen LogP contribution < -0.4 is 4.72 Å². The Morgan fingerprint density at radius 2 is 1.89 bits per heavy atom. The second kappa shape index (κ2) is 5.97. The van der Waals surface area contributed by atoms with Crippen molar-refractivity contribution in [2.75, 3.05) is 5.75 Å². The molecule has 1 unspecified atom stereocenters. The molecule has 6 heteroatoms. The Bertz CT molecular complexity index is 507. The van der Waals surface area contributed by atoms with Crippen molar-refractivity contribution in [1.29, 1.82) is 0 Å². The van der Waals surface area contributed by atoms with Crippen LogP contribution in [0.2, 0.25) is 0 Å². The van der Waals surface area contributed by atoms with Crippen LogP contribution in [0.4, 0.5) is 0 Å². The van der Waals surface area contributed by atoms with Gasteiger partial charge in [0.25, 0.3) is 0 Å². The SMILES string of the molecule is Cc1ccc(C(C)NS(=O)(=O)CCC(=O)O)cc1. The van der Waals surface area contributed by atoms with Crippen molar-refractivity contribution >= 4 is 16.0 Å². The molecule has 0 bridgehead atoms. The van der Waals surface area contributed by atoms with Crippen LogP contribution in [0, 0.1) is 6.92 Å². The van der Waals surface area contributed by atoms with Crippen molar-refractivity contribution in [2.24, 2.45) is 0 Å². The molecule has 0 radical (unpaired) electrons. The zero-order valence-corrected chi connectivity index (χ0v) is 11.2. The van der Waals surface area contributed by atoms with Gasteiger partial charge >= 0.3 is 5.97 Å². The van der Waals surface area contributed by atoms with Crippen LogP contribution in [-0.2, 0) is 14.8 Å². The van der Waals surface area contributed by atoms with Gasteiger partial charge in [-0.3, -0.25) is 4.79 Å². The first-order chi connectivity index (χ1) is 8.30. The quantitative estimate of drug-likeness (QED) is 0.820. The topological polar surface area (TPSA) is 83.5 Å². The number of hydrogen-bond acceptors (Lipinski definition) is 3. The molecule has 0 amide bonds. The summed E-state index contributed by atoms with van der Waals surface area (Å²) in [5.41, 5.74) is 1.94. The van der Waals surface area contributed by atoms with E-state index >= 15 is 0 Å².